The normalized spacial score (nSPS) is 23.6. The van der Waals surface area contributed by atoms with Gasteiger partial charge in [0, 0.05) is 18.4 Å². The largest absolute Gasteiger partial charge is 0.483 e. The second-order valence-corrected chi connectivity index (χ2v) is 4.04. The minimum atomic E-state index is -0.431. The maximum absolute atomic E-state index is 10.9. The number of ether oxygens (including phenoxy) is 1. The van der Waals surface area contributed by atoms with E-state index in [1.165, 1.54) is 0 Å². The Hall–Kier alpha value is -1.62. The Morgan fingerprint density at radius 2 is 2.19 bits per heavy atom. The minimum Gasteiger partial charge on any atom is -0.483 e. The molecule has 2 rings (SSSR count). The molecule has 1 aromatic rings. The van der Waals surface area contributed by atoms with E-state index in [0.717, 1.165) is 0 Å². The Bertz CT molecular complexity index is 412. The van der Waals surface area contributed by atoms with Gasteiger partial charge in [0.25, 0.3) is 0 Å². The van der Waals surface area contributed by atoms with E-state index in [4.69, 9.17) is 9.84 Å². The van der Waals surface area contributed by atoms with Gasteiger partial charge in [0.05, 0.1) is 11.0 Å². The van der Waals surface area contributed by atoms with Crippen molar-refractivity contribution in [3.8, 4) is 5.75 Å². The monoisotopic (exact) mass is 223 g/mol. The SMILES string of the molecule is Cc1cccc(OC2CC(O)C2)c1[N+](=O)[O-]. The molecular formula is C11H13NO4. The van der Waals surface area contributed by atoms with Gasteiger partial charge in [0.15, 0.2) is 5.75 Å². The summed E-state index contributed by atoms with van der Waals surface area (Å²) in [7, 11) is 0. The Labute approximate surface area is 92.8 Å². The lowest BCUT2D eigenvalue weighted by Crippen LogP contribution is -2.37. The zero-order valence-electron chi connectivity index (χ0n) is 8.92. The first kappa shape index (κ1) is 10.9. The van der Waals surface area contributed by atoms with E-state index >= 15 is 0 Å². The molecule has 0 aromatic heterocycles. The van der Waals surface area contributed by atoms with E-state index in [0.29, 0.717) is 24.2 Å². The smallest absolute Gasteiger partial charge is 0.313 e. The van der Waals surface area contributed by atoms with Crippen molar-refractivity contribution in [3.63, 3.8) is 0 Å². The zero-order chi connectivity index (χ0) is 11.7. The van der Waals surface area contributed by atoms with Gasteiger partial charge >= 0.3 is 5.69 Å². The number of nitro groups is 1. The fourth-order valence-electron chi connectivity index (χ4n) is 1.77. The highest BCUT2D eigenvalue weighted by Gasteiger charge is 2.31. The standard InChI is InChI=1S/C11H13NO4/c1-7-3-2-4-10(11(7)12(14)15)16-9-5-8(13)6-9/h2-4,8-9,13H,5-6H2,1H3. The maximum Gasteiger partial charge on any atom is 0.313 e. The molecule has 1 aliphatic carbocycles. The van der Waals surface area contributed by atoms with Crippen molar-refractivity contribution in [2.45, 2.75) is 32.0 Å². The molecule has 5 nitrogen and oxygen atoms in total. The first-order valence-electron chi connectivity index (χ1n) is 5.16. The number of rotatable bonds is 3. The molecule has 0 heterocycles. The lowest BCUT2D eigenvalue weighted by Gasteiger charge is -2.31. The minimum absolute atomic E-state index is 0.0175. The first-order valence-corrected chi connectivity index (χ1v) is 5.16. The van der Waals surface area contributed by atoms with Gasteiger partial charge < -0.3 is 9.84 Å². The number of aryl methyl sites for hydroxylation is 1. The maximum atomic E-state index is 10.9. The van der Waals surface area contributed by atoms with Gasteiger partial charge in [0.1, 0.15) is 6.10 Å². The van der Waals surface area contributed by atoms with Gasteiger partial charge in [-0.05, 0) is 13.0 Å². The van der Waals surface area contributed by atoms with Crippen molar-refractivity contribution in [1.29, 1.82) is 0 Å². The summed E-state index contributed by atoms with van der Waals surface area (Å²) in [4.78, 5) is 10.4. The highest BCUT2D eigenvalue weighted by molar-refractivity contribution is 5.52. The summed E-state index contributed by atoms with van der Waals surface area (Å²) in [5, 5.41) is 20.0. The second-order valence-electron chi connectivity index (χ2n) is 4.04. The van der Waals surface area contributed by atoms with E-state index in [9.17, 15) is 10.1 Å². The van der Waals surface area contributed by atoms with Gasteiger partial charge in [-0.1, -0.05) is 12.1 Å². The average Bonchev–Trinajstić information content (AvgIpc) is 2.14. The van der Waals surface area contributed by atoms with Crippen molar-refractivity contribution in [2.75, 3.05) is 0 Å². The quantitative estimate of drug-likeness (QED) is 0.626. The topological polar surface area (TPSA) is 72.6 Å². The molecule has 1 fully saturated rings. The fourth-order valence-corrected chi connectivity index (χ4v) is 1.77. The highest BCUT2D eigenvalue weighted by atomic mass is 16.6. The number of hydrogen-bond acceptors (Lipinski definition) is 4. The summed E-state index contributed by atoms with van der Waals surface area (Å²) < 4.78 is 5.49. The van der Waals surface area contributed by atoms with Crippen molar-refractivity contribution < 1.29 is 14.8 Å². The number of nitro benzene ring substituents is 1. The van der Waals surface area contributed by atoms with Crippen molar-refractivity contribution >= 4 is 5.69 Å². The summed E-state index contributed by atoms with van der Waals surface area (Å²) in [6, 6.07) is 5.00. The lowest BCUT2D eigenvalue weighted by molar-refractivity contribution is -0.386. The molecular weight excluding hydrogens is 210 g/mol. The Kier molecular flexibility index (Phi) is 2.78. The van der Waals surface area contributed by atoms with E-state index in [-0.39, 0.29) is 17.9 Å². The third-order valence-corrected chi connectivity index (χ3v) is 2.75. The van der Waals surface area contributed by atoms with Gasteiger partial charge in [-0.3, -0.25) is 10.1 Å². The van der Waals surface area contributed by atoms with Crippen LogP contribution in [0.3, 0.4) is 0 Å². The van der Waals surface area contributed by atoms with Crippen LogP contribution in [0.1, 0.15) is 18.4 Å². The van der Waals surface area contributed by atoms with E-state index < -0.39 is 4.92 Å². The molecule has 0 spiro atoms. The molecule has 0 amide bonds. The Morgan fingerprint density at radius 3 is 2.75 bits per heavy atom. The predicted octanol–water partition coefficient (Wildman–Crippen LogP) is 1.81. The number of aliphatic hydroxyl groups is 1. The summed E-state index contributed by atoms with van der Waals surface area (Å²) in [6.07, 6.45) is 0.667. The molecule has 1 aliphatic rings. The Balaban J connectivity index is 2.19. The summed E-state index contributed by atoms with van der Waals surface area (Å²) >= 11 is 0. The van der Waals surface area contributed by atoms with Crippen molar-refractivity contribution in [2.24, 2.45) is 0 Å². The summed E-state index contributed by atoms with van der Waals surface area (Å²) in [5.41, 5.74) is 0.603. The second kappa shape index (κ2) is 4.09. The molecule has 1 N–H and O–H groups in total. The van der Waals surface area contributed by atoms with Gasteiger partial charge in [-0.15, -0.1) is 0 Å². The highest BCUT2D eigenvalue weighted by Crippen LogP contribution is 2.34. The third-order valence-electron chi connectivity index (χ3n) is 2.75. The number of aliphatic hydroxyl groups excluding tert-OH is 1. The molecule has 1 aromatic carbocycles. The van der Waals surface area contributed by atoms with Gasteiger partial charge in [0.2, 0.25) is 0 Å². The number of hydrogen-bond donors (Lipinski definition) is 1. The molecule has 1 saturated carbocycles. The van der Waals surface area contributed by atoms with Gasteiger partial charge in [-0.2, -0.15) is 0 Å². The van der Waals surface area contributed by atoms with Crippen molar-refractivity contribution in [1.82, 2.24) is 0 Å². The van der Waals surface area contributed by atoms with E-state index in [1.54, 1.807) is 25.1 Å². The van der Waals surface area contributed by atoms with Crippen LogP contribution in [0.4, 0.5) is 5.69 Å². The van der Waals surface area contributed by atoms with Gasteiger partial charge in [-0.25, -0.2) is 0 Å². The number of nitrogens with zero attached hydrogens (tertiary/aromatic N) is 1. The molecule has 0 unspecified atom stereocenters. The van der Waals surface area contributed by atoms with Crippen LogP contribution in [-0.4, -0.2) is 22.2 Å². The van der Waals surface area contributed by atoms with E-state index in [1.807, 2.05) is 0 Å². The van der Waals surface area contributed by atoms with Crippen LogP contribution in [0.5, 0.6) is 5.75 Å². The van der Waals surface area contributed by atoms with Crippen LogP contribution in [0.2, 0.25) is 0 Å². The lowest BCUT2D eigenvalue weighted by atomic mass is 9.92. The summed E-state index contributed by atoms with van der Waals surface area (Å²) in [5.74, 6) is 0.293. The summed E-state index contributed by atoms with van der Waals surface area (Å²) in [6.45, 7) is 1.68. The third kappa shape index (κ3) is 1.99. The molecule has 0 saturated heterocycles. The Morgan fingerprint density at radius 1 is 1.50 bits per heavy atom. The van der Waals surface area contributed by atoms with Crippen LogP contribution >= 0.6 is 0 Å². The van der Waals surface area contributed by atoms with Crippen LogP contribution in [0, 0.1) is 17.0 Å². The zero-order valence-corrected chi connectivity index (χ0v) is 8.92. The molecule has 86 valence electrons. The fraction of sp³-hybridized carbons (Fsp3) is 0.455. The van der Waals surface area contributed by atoms with E-state index in [2.05, 4.69) is 0 Å². The van der Waals surface area contributed by atoms with Crippen LogP contribution in [0.15, 0.2) is 18.2 Å². The molecule has 0 radical (unpaired) electrons. The van der Waals surface area contributed by atoms with Crippen LogP contribution in [0.25, 0.3) is 0 Å². The molecule has 0 aliphatic heterocycles. The molecule has 5 heteroatoms. The first-order chi connectivity index (χ1) is 7.58. The number of para-hydroxylation sites is 1. The molecule has 16 heavy (non-hydrogen) atoms. The number of benzene rings is 1. The predicted molar refractivity (Wildman–Crippen MR) is 57.5 cm³/mol. The van der Waals surface area contributed by atoms with Crippen LogP contribution < -0.4 is 4.74 Å². The molecule has 0 bridgehead atoms. The molecule has 0 atom stereocenters. The van der Waals surface area contributed by atoms with Crippen LogP contribution in [-0.2, 0) is 0 Å². The van der Waals surface area contributed by atoms with Crippen molar-refractivity contribution in [3.05, 3.63) is 33.9 Å². The average molecular weight is 223 g/mol.